The molecule has 0 saturated carbocycles. The fourth-order valence-corrected chi connectivity index (χ4v) is 2.07. The van der Waals surface area contributed by atoms with Gasteiger partial charge >= 0.3 is 0 Å². The molecule has 0 saturated heterocycles. The second-order valence-electron chi connectivity index (χ2n) is 4.33. The van der Waals surface area contributed by atoms with E-state index in [1.54, 1.807) is 18.2 Å². The molecule has 2 aromatic rings. The lowest BCUT2D eigenvalue weighted by atomic mass is 10.0. The summed E-state index contributed by atoms with van der Waals surface area (Å²) in [5.74, 6) is -3.08. The third-order valence-corrected chi connectivity index (χ3v) is 3.30. The Labute approximate surface area is 120 Å². The van der Waals surface area contributed by atoms with Gasteiger partial charge in [-0.1, -0.05) is 24.6 Å². The Morgan fingerprint density at radius 3 is 2.40 bits per heavy atom. The lowest BCUT2D eigenvalue weighted by Gasteiger charge is -2.09. The topological polar surface area (TPSA) is 12.0 Å². The molecule has 0 heterocycles. The summed E-state index contributed by atoms with van der Waals surface area (Å²) >= 11 is 6.05. The molecule has 0 fully saturated rings. The van der Waals surface area contributed by atoms with Gasteiger partial charge in [0.1, 0.15) is 5.82 Å². The molecule has 0 atom stereocenters. The highest BCUT2D eigenvalue weighted by Crippen LogP contribution is 2.28. The van der Waals surface area contributed by atoms with Crippen molar-refractivity contribution in [2.75, 3.05) is 6.54 Å². The number of nitrogens with one attached hydrogen (secondary N) is 1. The van der Waals surface area contributed by atoms with Crippen molar-refractivity contribution in [1.29, 1.82) is 0 Å². The van der Waals surface area contributed by atoms with Crippen molar-refractivity contribution in [3.05, 3.63) is 58.4 Å². The smallest absolute Gasteiger partial charge is 0.161 e. The zero-order valence-corrected chi connectivity index (χ0v) is 11.6. The summed E-state index contributed by atoms with van der Waals surface area (Å²) in [5, 5.41) is 3.65. The van der Waals surface area contributed by atoms with E-state index in [-0.39, 0.29) is 5.56 Å². The van der Waals surface area contributed by atoms with Crippen LogP contribution in [-0.4, -0.2) is 6.54 Å². The molecule has 2 rings (SSSR count). The van der Waals surface area contributed by atoms with Crippen LogP contribution in [-0.2, 0) is 6.54 Å². The molecule has 0 aromatic heterocycles. The summed E-state index contributed by atoms with van der Waals surface area (Å²) in [6.07, 6.45) is 0. The van der Waals surface area contributed by atoms with Gasteiger partial charge in [0.25, 0.3) is 0 Å². The maximum Gasteiger partial charge on any atom is 0.161 e. The largest absolute Gasteiger partial charge is 0.313 e. The highest BCUT2D eigenvalue weighted by molar-refractivity contribution is 6.31. The van der Waals surface area contributed by atoms with E-state index in [4.69, 9.17) is 11.6 Å². The van der Waals surface area contributed by atoms with Crippen LogP contribution >= 0.6 is 11.6 Å². The van der Waals surface area contributed by atoms with Gasteiger partial charge in [0.15, 0.2) is 11.6 Å². The second-order valence-corrected chi connectivity index (χ2v) is 4.74. The van der Waals surface area contributed by atoms with Crippen LogP contribution in [0.1, 0.15) is 12.5 Å². The summed E-state index contributed by atoms with van der Waals surface area (Å²) in [7, 11) is 0. The highest BCUT2D eigenvalue weighted by Gasteiger charge is 2.12. The normalized spacial score (nSPS) is 10.8. The molecule has 5 heteroatoms. The van der Waals surface area contributed by atoms with Gasteiger partial charge in [-0.25, -0.2) is 13.2 Å². The maximum atomic E-state index is 13.7. The molecular weight excluding hydrogens is 287 g/mol. The number of hydrogen-bond acceptors (Lipinski definition) is 1. The summed E-state index contributed by atoms with van der Waals surface area (Å²) in [4.78, 5) is 0. The number of halogens is 4. The van der Waals surface area contributed by atoms with Gasteiger partial charge in [0.05, 0.1) is 0 Å². The van der Waals surface area contributed by atoms with Crippen LogP contribution < -0.4 is 5.32 Å². The third kappa shape index (κ3) is 3.14. The van der Waals surface area contributed by atoms with E-state index in [0.29, 0.717) is 23.2 Å². The molecule has 0 amide bonds. The van der Waals surface area contributed by atoms with E-state index in [2.05, 4.69) is 5.32 Å². The van der Waals surface area contributed by atoms with E-state index >= 15 is 0 Å². The Balaban J connectivity index is 2.45. The Hall–Kier alpha value is -1.52. The van der Waals surface area contributed by atoms with Crippen molar-refractivity contribution in [1.82, 2.24) is 5.32 Å². The number of rotatable bonds is 4. The zero-order valence-electron chi connectivity index (χ0n) is 10.8. The average molecular weight is 300 g/mol. The summed E-state index contributed by atoms with van der Waals surface area (Å²) in [5.41, 5.74) is 1.24. The molecule has 0 unspecified atom stereocenters. The standard InChI is InChI=1S/C15H13ClF3N/c1-2-20-8-10-5-9(3-4-12(10)16)11-6-14(18)15(19)7-13(11)17/h3-7,20H,2,8H2,1H3. The first kappa shape index (κ1) is 14.9. The number of hydrogen-bond donors (Lipinski definition) is 1. The molecule has 0 bridgehead atoms. The van der Waals surface area contributed by atoms with Crippen LogP contribution in [0.25, 0.3) is 11.1 Å². The second kappa shape index (κ2) is 6.29. The first-order chi connectivity index (χ1) is 9.52. The van der Waals surface area contributed by atoms with Gasteiger partial charge in [-0.3, -0.25) is 0 Å². The Morgan fingerprint density at radius 2 is 1.70 bits per heavy atom. The highest BCUT2D eigenvalue weighted by atomic mass is 35.5. The van der Waals surface area contributed by atoms with Crippen LogP contribution in [0.4, 0.5) is 13.2 Å². The lowest BCUT2D eigenvalue weighted by molar-refractivity contribution is 0.496. The monoisotopic (exact) mass is 299 g/mol. The fraction of sp³-hybridized carbons (Fsp3) is 0.200. The van der Waals surface area contributed by atoms with Gasteiger partial charge in [-0.2, -0.15) is 0 Å². The van der Waals surface area contributed by atoms with Crippen molar-refractivity contribution in [3.8, 4) is 11.1 Å². The van der Waals surface area contributed by atoms with Crippen molar-refractivity contribution in [2.45, 2.75) is 13.5 Å². The van der Waals surface area contributed by atoms with Crippen molar-refractivity contribution < 1.29 is 13.2 Å². The molecule has 0 aliphatic carbocycles. The number of benzene rings is 2. The molecular formula is C15H13ClF3N. The minimum atomic E-state index is -1.20. The Kier molecular flexibility index (Phi) is 4.68. The van der Waals surface area contributed by atoms with Crippen LogP contribution in [0, 0.1) is 17.5 Å². The summed E-state index contributed by atoms with van der Waals surface area (Å²) in [6, 6.07) is 6.26. The molecule has 20 heavy (non-hydrogen) atoms. The van der Waals surface area contributed by atoms with Gasteiger partial charge < -0.3 is 5.32 Å². The van der Waals surface area contributed by atoms with Crippen molar-refractivity contribution in [2.24, 2.45) is 0 Å². The van der Waals surface area contributed by atoms with Gasteiger partial charge in [0, 0.05) is 23.2 Å². The maximum absolute atomic E-state index is 13.7. The Bertz CT molecular complexity index is 629. The first-order valence-electron chi connectivity index (χ1n) is 6.17. The predicted octanol–water partition coefficient (Wildman–Crippen LogP) is 4.53. The lowest BCUT2D eigenvalue weighted by Crippen LogP contribution is -2.12. The van der Waals surface area contributed by atoms with Crippen LogP contribution in [0.5, 0.6) is 0 Å². The third-order valence-electron chi connectivity index (χ3n) is 2.93. The molecule has 1 nitrogen and oxygen atoms in total. The molecule has 0 radical (unpaired) electrons. The van der Waals surface area contributed by atoms with E-state index in [9.17, 15) is 13.2 Å². The quantitative estimate of drug-likeness (QED) is 0.818. The van der Waals surface area contributed by atoms with E-state index in [0.717, 1.165) is 18.2 Å². The molecule has 0 aliphatic rings. The minimum Gasteiger partial charge on any atom is -0.313 e. The van der Waals surface area contributed by atoms with Crippen molar-refractivity contribution >= 4 is 11.6 Å². The molecule has 106 valence electrons. The molecule has 0 spiro atoms. The average Bonchev–Trinajstić information content (AvgIpc) is 2.42. The van der Waals surface area contributed by atoms with E-state index in [1.807, 2.05) is 6.92 Å². The zero-order chi connectivity index (χ0) is 14.7. The minimum absolute atomic E-state index is 0.0123. The Morgan fingerprint density at radius 1 is 1.00 bits per heavy atom. The van der Waals surface area contributed by atoms with Gasteiger partial charge in [-0.05, 0) is 35.9 Å². The molecule has 0 aliphatic heterocycles. The predicted molar refractivity (Wildman–Crippen MR) is 74.1 cm³/mol. The van der Waals surface area contributed by atoms with Crippen LogP contribution in [0.3, 0.4) is 0 Å². The fourth-order valence-electron chi connectivity index (χ4n) is 1.88. The summed E-state index contributed by atoms with van der Waals surface area (Å²) < 4.78 is 39.9. The van der Waals surface area contributed by atoms with Crippen molar-refractivity contribution in [3.63, 3.8) is 0 Å². The van der Waals surface area contributed by atoms with Crippen LogP contribution in [0.15, 0.2) is 30.3 Å². The van der Waals surface area contributed by atoms with Gasteiger partial charge in [-0.15, -0.1) is 0 Å². The summed E-state index contributed by atoms with van der Waals surface area (Å²) in [6.45, 7) is 3.24. The SMILES string of the molecule is CCNCc1cc(-c2cc(F)c(F)cc2F)ccc1Cl. The molecule has 1 N–H and O–H groups in total. The van der Waals surface area contributed by atoms with E-state index < -0.39 is 17.5 Å². The first-order valence-corrected chi connectivity index (χ1v) is 6.54. The van der Waals surface area contributed by atoms with Gasteiger partial charge in [0.2, 0.25) is 0 Å². The van der Waals surface area contributed by atoms with E-state index in [1.165, 1.54) is 0 Å². The molecule has 2 aromatic carbocycles. The van der Waals surface area contributed by atoms with Crippen LogP contribution in [0.2, 0.25) is 5.02 Å².